The number of ether oxygens (including phenoxy) is 1. The number of nitrogens with zero attached hydrogens (tertiary/aromatic N) is 3. The Morgan fingerprint density at radius 1 is 1.35 bits per heavy atom. The summed E-state index contributed by atoms with van der Waals surface area (Å²) in [5.74, 6) is -0.236. The van der Waals surface area contributed by atoms with Gasteiger partial charge in [0.1, 0.15) is 6.61 Å². The van der Waals surface area contributed by atoms with Gasteiger partial charge in [0.25, 0.3) is 5.91 Å². The third-order valence-corrected chi connectivity index (χ3v) is 2.92. The van der Waals surface area contributed by atoms with Crippen molar-refractivity contribution in [2.75, 3.05) is 13.2 Å². The predicted octanol–water partition coefficient (Wildman–Crippen LogP) is 2.13. The second-order valence-corrected chi connectivity index (χ2v) is 4.57. The Morgan fingerprint density at radius 2 is 2.13 bits per heavy atom. The van der Waals surface area contributed by atoms with Gasteiger partial charge in [-0.2, -0.15) is 18.3 Å². The van der Waals surface area contributed by atoms with Crippen LogP contribution in [0.5, 0.6) is 5.88 Å². The smallest absolute Gasteiger partial charge is 0.417 e. The van der Waals surface area contributed by atoms with Crippen molar-refractivity contribution in [1.29, 1.82) is 0 Å². The second kappa shape index (κ2) is 7.12. The molecule has 2 heterocycles. The maximum absolute atomic E-state index is 12.4. The zero-order chi connectivity index (χ0) is 16.9. The number of nitrogens with one attached hydrogen (secondary N) is 1. The van der Waals surface area contributed by atoms with Crippen LogP contribution in [0.15, 0.2) is 30.7 Å². The molecule has 6 nitrogen and oxygen atoms in total. The van der Waals surface area contributed by atoms with Crippen molar-refractivity contribution in [1.82, 2.24) is 20.1 Å². The van der Waals surface area contributed by atoms with Crippen molar-refractivity contribution in [2.24, 2.45) is 0 Å². The molecule has 9 heteroatoms. The molecular weight excluding hydrogens is 313 g/mol. The molecule has 0 atom stereocenters. The number of pyridine rings is 1. The maximum atomic E-state index is 12.4. The van der Waals surface area contributed by atoms with Crippen LogP contribution in [0.25, 0.3) is 0 Å². The molecule has 1 amide bonds. The Hall–Kier alpha value is -2.58. The van der Waals surface area contributed by atoms with Crippen molar-refractivity contribution < 1.29 is 22.7 Å². The van der Waals surface area contributed by atoms with Crippen molar-refractivity contribution >= 4 is 5.91 Å². The molecule has 0 saturated heterocycles. The number of aromatic nitrogens is 3. The van der Waals surface area contributed by atoms with Crippen molar-refractivity contribution in [3.63, 3.8) is 0 Å². The Balaban J connectivity index is 1.76. The highest BCUT2D eigenvalue weighted by atomic mass is 19.4. The van der Waals surface area contributed by atoms with E-state index in [0.717, 1.165) is 12.1 Å². The minimum absolute atomic E-state index is 0.0612. The molecule has 0 saturated carbocycles. The minimum atomic E-state index is -4.43. The van der Waals surface area contributed by atoms with Crippen molar-refractivity contribution in [3.8, 4) is 5.88 Å². The molecule has 0 aliphatic carbocycles. The van der Waals surface area contributed by atoms with E-state index in [1.807, 2.05) is 6.92 Å². The van der Waals surface area contributed by atoms with Crippen LogP contribution in [0, 0.1) is 0 Å². The molecule has 2 aromatic heterocycles. The Labute approximate surface area is 130 Å². The highest BCUT2D eigenvalue weighted by Crippen LogP contribution is 2.29. The van der Waals surface area contributed by atoms with Crippen molar-refractivity contribution in [3.05, 3.63) is 41.9 Å². The summed E-state index contributed by atoms with van der Waals surface area (Å²) in [4.78, 5) is 15.3. The number of hydrogen-bond acceptors (Lipinski definition) is 4. The molecule has 1 N–H and O–H groups in total. The van der Waals surface area contributed by atoms with Crippen LogP contribution in [-0.4, -0.2) is 33.8 Å². The lowest BCUT2D eigenvalue weighted by atomic mass is 10.3. The van der Waals surface area contributed by atoms with Gasteiger partial charge in [-0.05, 0) is 13.0 Å². The van der Waals surface area contributed by atoms with Crippen LogP contribution in [0.4, 0.5) is 13.2 Å². The highest BCUT2D eigenvalue weighted by Gasteiger charge is 2.30. The van der Waals surface area contributed by atoms with E-state index in [-0.39, 0.29) is 24.9 Å². The van der Waals surface area contributed by atoms with E-state index >= 15 is 0 Å². The first-order valence-corrected chi connectivity index (χ1v) is 6.87. The molecule has 0 unspecified atom stereocenters. The van der Waals surface area contributed by atoms with Crippen LogP contribution in [0.3, 0.4) is 0 Å². The molecule has 124 valence electrons. The molecule has 23 heavy (non-hydrogen) atoms. The first-order valence-electron chi connectivity index (χ1n) is 6.87. The van der Waals surface area contributed by atoms with Crippen LogP contribution in [0.2, 0.25) is 0 Å². The SMILES string of the molecule is CCn1cc(C(=O)NCCOc2ccc(C(F)(F)F)cn2)cn1. The van der Waals surface area contributed by atoms with Gasteiger partial charge in [0.05, 0.1) is 23.9 Å². The van der Waals surface area contributed by atoms with Crippen LogP contribution in [-0.2, 0) is 12.7 Å². The fraction of sp³-hybridized carbons (Fsp3) is 0.357. The molecular formula is C14H15F3N4O2. The van der Waals surface area contributed by atoms with Gasteiger partial charge in [0.2, 0.25) is 5.88 Å². The molecule has 2 rings (SSSR count). The molecule has 0 aliphatic rings. The second-order valence-electron chi connectivity index (χ2n) is 4.57. The summed E-state index contributed by atoms with van der Waals surface area (Å²) in [5.41, 5.74) is -0.411. The van der Waals surface area contributed by atoms with E-state index in [1.54, 1.807) is 10.9 Å². The average molecular weight is 328 g/mol. The van der Waals surface area contributed by atoms with Crippen LogP contribution in [0.1, 0.15) is 22.8 Å². The molecule has 0 fully saturated rings. The van der Waals surface area contributed by atoms with Gasteiger partial charge in [-0.3, -0.25) is 9.48 Å². The van der Waals surface area contributed by atoms with E-state index in [0.29, 0.717) is 18.3 Å². The normalized spacial score (nSPS) is 11.3. The van der Waals surface area contributed by atoms with Crippen molar-refractivity contribution in [2.45, 2.75) is 19.6 Å². The third kappa shape index (κ3) is 4.70. The summed E-state index contributed by atoms with van der Waals surface area (Å²) in [6, 6.07) is 2.02. The van der Waals surface area contributed by atoms with Crippen LogP contribution < -0.4 is 10.1 Å². The molecule has 0 spiro atoms. The first-order chi connectivity index (χ1) is 10.9. The fourth-order valence-electron chi connectivity index (χ4n) is 1.71. The number of hydrogen-bond donors (Lipinski definition) is 1. The summed E-state index contributed by atoms with van der Waals surface area (Å²) in [7, 11) is 0. The van der Waals surface area contributed by atoms with Gasteiger partial charge in [-0.1, -0.05) is 0 Å². The molecule has 2 aromatic rings. The fourth-order valence-corrected chi connectivity index (χ4v) is 1.71. The molecule has 0 aromatic carbocycles. The minimum Gasteiger partial charge on any atom is -0.476 e. The van der Waals surface area contributed by atoms with Gasteiger partial charge in [0.15, 0.2) is 0 Å². The van der Waals surface area contributed by atoms with E-state index < -0.39 is 11.7 Å². The molecule has 0 radical (unpaired) electrons. The quantitative estimate of drug-likeness (QED) is 0.825. The molecule has 0 bridgehead atoms. The number of carbonyl (C=O) groups excluding carboxylic acids is 1. The van der Waals surface area contributed by atoms with E-state index in [1.165, 1.54) is 6.20 Å². The Bertz CT molecular complexity index is 653. The number of halogens is 3. The number of aryl methyl sites for hydroxylation is 1. The summed E-state index contributed by atoms with van der Waals surface area (Å²) in [6.45, 7) is 2.85. The largest absolute Gasteiger partial charge is 0.476 e. The summed E-state index contributed by atoms with van der Waals surface area (Å²) < 4.78 is 43.9. The number of amides is 1. The zero-order valence-corrected chi connectivity index (χ0v) is 12.3. The van der Waals surface area contributed by atoms with Gasteiger partial charge in [-0.15, -0.1) is 0 Å². The topological polar surface area (TPSA) is 69.0 Å². The van der Waals surface area contributed by atoms with Gasteiger partial charge < -0.3 is 10.1 Å². The lowest BCUT2D eigenvalue weighted by molar-refractivity contribution is -0.137. The Morgan fingerprint density at radius 3 is 2.70 bits per heavy atom. The standard InChI is InChI=1S/C14H15F3N4O2/c1-2-21-9-10(7-20-21)13(22)18-5-6-23-12-4-3-11(8-19-12)14(15,16)17/h3-4,7-9H,2,5-6H2,1H3,(H,18,22). The number of carbonyl (C=O) groups is 1. The highest BCUT2D eigenvalue weighted by molar-refractivity contribution is 5.93. The number of alkyl halides is 3. The Kier molecular flexibility index (Phi) is 5.20. The maximum Gasteiger partial charge on any atom is 0.417 e. The summed E-state index contributed by atoms with van der Waals surface area (Å²) in [6.07, 6.45) is -0.653. The predicted molar refractivity (Wildman–Crippen MR) is 75.0 cm³/mol. The number of rotatable bonds is 6. The van der Waals surface area contributed by atoms with E-state index in [4.69, 9.17) is 4.74 Å². The zero-order valence-electron chi connectivity index (χ0n) is 12.3. The summed E-state index contributed by atoms with van der Waals surface area (Å²) >= 11 is 0. The lowest BCUT2D eigenvalue weighted by Gasteiger charge is -2.08. The first kappa shape index (κ1) is 16.8. The van der Waals surface area contributed by atoms with E-state index in [9.17, 15) is 18.0 Å². The average Bonchev–Trinajstić information content (AvgIpc) is 3.00. The van der Waals surface area contributed by atoms with Gasteiger partial charge in [0, 0.05) is 25.0 Å². The van der Waals surface area contributed by atoms with Crippen LogP contribution >= 0.6 is 0 Å². The summed E-state index contributed by atoms with van der Waals surface area (Å²) in [5, 5.41) is 6.60. The van der Waals surface area contributed by atoms with Gasteiger partial charge in [-0.25, -0.2) is 4.98 Å². The van der Waals surface area contributed by atoms with Gasteiger partial charge >= 0.3 is 6.18 Å². The van der Waals surface area contributed by atoms with E-state index in [2.05, 4.69) is 15.4 Å². The monoisotopic (exact) mass is 328 g/mol. The third-order valence-electron chi connectivity index (χ3n) is 2.92. The lowest BCUT2D eigenvalue weighted by Crippen LogP contribution is -2.27. The molecule has 0 aliphatic heterocycles.